The number of benzene rings is 2. The summed E-state index contributed by atoms with van der Waals surface area (Å²) in [6, 6.07) is 18.2. The van der Waals surface area contributed by atoms with Crippen molar-refractivity contribution in [2.45, 2.75) is 26.7 Å². The molecule has 188 valence electrons. The van der Waals surface area contributed by atoms with Gasteiger partial charge in [-0.1, -0.05) is 36.4 Å². The number of anilines is 2. The maximum Gasteiger partial charge on any atom is 0.334 e. The van der Waals surface area contributed by atoms with Crippen LogP contribution in [0, 0.1) is 0 Å². The van der Waals surface area contributed by atoms with Gasteiger partial charge in [-0.15, -0.1) is 0 Å². The van der Waals surface area contributed by atoms with E-state index in [2.05, 4.69) is 5.32 Å². The highest BCUT2D eigenvalue weighted by Gasteiger charge is 2.32. The monoisotopic (exact) mass is 502 g/mol. The fourth-order valence-corrected chi connectivity index (χ4v) is 4.49. The molecule has 0 aliphatic carbocycles. The number of ether oxygens (including phenoxy) is 2. The number of nitrogen functional groups attached to an aromatic ring is 1. The molecule has 0 saturated carbocycles. The molecule has 0 fully saturated rings. The van der Waals surface area contributed by atoms with Gasteiger partial charge in [0, 0.05) is 11.4 Å². The van der Waals surface area contributed by atoms with Crippen molar-refractivity contribution < 1.29 is 32.6 Å². The minimum absolute atomic E-state index is 0.0935. The van der Waals surface area contributed by atoms with E-state index in [1.165, 1.54) is 6.92 Å². The second-order valence-electron chi connectivity index (χ2n) is 7.58. The fraction of sp³-hybridized carbons (Fsp3) is 0.280. The molecule has 0 radical (unpaired) electrons. The van der Waals surface area contributed by atoms with Crippen LogP contribution in [0.1, 0.15) is 26.7 Å². The molecule has 1 amide bonds. The molecule has 2 aliphatic rings. The Morgan fingerprint density at radius 3 is 1.94 bits per heavy atom. The number of aliphatic carboxylic acids is 1. The van der Waals surface area contributed by atoms with Crippen LogP contribution in [-0.2, 0) is 28.9 Å². The van der Waals surface area contributed by atoms with Crippen LogP contribution in [0.25, 0.3) is 0 Å². The van der Waals surface area contributed by atoms with Gasteiger partial charge in [-0.25, -0.2) is 13.2 Å². The number of nitrogens with two attached hydrogens (primary N) is 1. The average molecular weight is 503 g/mol. The van der Waals surface area contributed by atoms with E-state index in [4.69, 9.17) is 20.3 Å². The summed E-state index contributed by atoms with van der Waals surface area (Å²) in [5, 5.41) is 11.1. The molecular weight excluding hydrogens is 472 g/mol. The highest BCUT2D eigenvalue weighted by atomic mass is 32.2. The summed E-state index contributed by atoms with van der Waals surface area (Å²) in [6.45, 7) is 3.93. The molecule has 0 saturated heterocycles. The quantitative estimate of drug-likeness (QED) is 0.539. The lowest BCUT2D eigenvalue weighted by Crippen LogP contribution is -2.29. The summed E-state index contributed by atoms with van der Waals surface area (Å²) < 4.78 is 33.8. The number of amides is 1. The second kappa shape index (κ2) is 13.2. The van der Waals surface area contributed by atoms with Crippen molar-refractivity contribution in [1.82, 2.24) is 0 Å². The number of hydrogen-bond donors (Lipinski definition) is 3. The van der Waals surface area contributed by atoms with E-state index in [1.54, 1.807) is 37.3 Å². The Labute approximate surface area is 205 Å². The first-order valence-corrected chi connectivity index (χ1v) is 12.6. The predicted octanol–water partition coefficient (Wildman–Crippen LogP) is 3.73. The normalized spacial score (nSPS) is 16.3. The maximum absolute atomic E-state index is 12.0. The molecule has 9 nitrogen and oxygen atoms in total. The van der Waals surface area contributed by atoms with E-state index in [0.717, 1.165) is 12.1 Å². The van der Waals surface area contributed by atoms with Crippen LogP contribution in [0.2, 0.25) is 0 Å². The third-order valence-electron chi connectivity index (χ3n) is 4.91. The average Bonchev–Trinajstić information content (AvgIpc) is 2.80. The molecule has 0 atom stereocenters. The molecule has 35 heavy (non-hydrogen) atoms. The molecule has 0 bridgehead atoms. The number of carboxylic acids is 1. The van der Waals surface area contributed by atoms with Crippen LogP contribution in [0.3, 0.4) is 0 Å². The molecule has 0 aromatic heterocycles. The van der Waals surface area contributed by atoms with Crippen LogP contribution < -0.4 is 11.1 Å². The minimum atomic E-state index is -3.55. The number of carboxylic acid groups (broad SMARTS) is 1. The van der Waals surface area contributed by atoms with Crippen LogP contribution in [0.5, 0.6) is 0 Å². The fourth-order valence-electron chi connectivity index (χ4n) is 3.15. The minimum Gasteiger partial charge on any atom is -0.498 e. The maximum atomic E-state index is 12.0. The number of carbonyl (C=O) groups is 2. The number of nitrogens with one attached hydrogen (secondary N) is 1. The van der Waals surface area contributed by atoms with E-state index in [-0.39, 0.29) is 23.0 Å². The molecule has 2 heterocycles. The Morgan fingerprint density at radius 1 is 0.914 bits per heavy atom. The number of allylic oxidation sites excluding steroid dienone is 2. The van der Waals surface area contributed by atoms with Crippen LogP contribution in [-0.4, -0.2) is 44.4 Å². The van der Waals surface area contributed by atoms with Gasteiger partial charge in [0.05, 0.1) is 17.9 Å². The highest BCUT2D eigenvalue weighted by molar-refractivity contribution is 7.96. The second-order valence-corrected chi connectivity index (χ2v) is 9.62. The van der Waals surface area contributed by atoms with Crippen LogP contribution >= 0.6 is 0 Å². The van der Waals surface area contributed by atoms with Crippen molar-refractivity contribution in [3.05, 3.63) is 82.7 Å². The Bertz CT molecular complexity index is 1170. The summed E-state index contributed by atoms with van der Waals surface area (Å²) in [6.07, 6.45) is 1.46. The number of para-hydroxylation sites is 2. The molecule has 2 aromatic carbocycles. The van der Waals surface area contributed by atoms with Crippen molar-refractivity contribution in [3.63, 3.8) is 0 Å². The molecule has 0 unspecified atom stereocenters. The SMILES string of the molecule is CC1=C(C(=O)Nc2ccccc2)S(=O)(=O)CCO1.CC1=C(C(=O)O)CCCO1.Nc1ccccc1. The van der Waals surface area contributed by atoms with Gasteiger partial charge in [-0.2, -0.15) is 0 Å². The molecule has 2 aliphatic heterocycles. The van der Waals surface area contributed by atoms with E-state index in [1.807, 2.05) is 30.3 Å². The summed E-state index contributed by atoms with van der Waals surface area (Å²) >= 11 is 0. The van der Waals surface area contributed by atoms with Crippen molar-refractivity contribution in [2.24, 2.45) is 0 Å². The molecule has 4 rings (SSSR count). The predicted molar refractivity (Wildman–Crippen MR) is 134 cm³/mol. The molecule has 4 N–H and O–H groups in total. The van der Waals surface area contributed by atoms with Crippen molar-refractivity contribution in [1.29, 1.82) is 0 Å². The zero-order valence-electron chi connectivity index (χ0n) is 19.7. The molecule has 0 spiro atoms. The third-order valence-corrected chi connectivity index (χ3v) is 6.71. The Kier molecular flexibility index (Phi) is 10.3. The van der Waals surface area contributed by atoms with Crippen LogP contribution in [0.15, 0.2) is 82.7 Å². The summed E-state index contributed by atoms with van der Waals surface area (Å²) in [5.41, 5.74) is 7.15. The van der Waals surface area contributed by atoms with Gasteiger partial charge in [0.2, 0.25) is 0 Å². The summed E-state index contributed by atoms with van der Waals surface area (Å²) in [4.78, 5) is 22.1. The standard InChI is InChI=1S/C12H13NO4S.C7H10O3.C6H7N/c1-9-11(18(15,16)8-7-17-9)12(14)13-10-5-3-2-4-6-10;1-5-6(7(8)9)3-2-4-10-5;7-6-4-2-1-3-5-6/h2-6H,7-8H2,1H3,(H,13,14);2-4H2,1H3,(H,8,9);1-5H,7H2. The molecule has 10 heteroatoms. The largest absolute Gasteiger partial charge is 0.498 e. The van der Waals surface area contributed by atoms with Gasteiger partial charge in [0.1, 0.15) is 18.1 Å². The summed E-state index contributed by atoms with van der Waals surface area (Å²) in [7, 11) is -3.55. The number of carbonyl (C=O) groups excluding carboxylic acids is 1. The zero-order chi connectivity index (χ0) is 25.8. The van der Waals surface area contributed by atoms with E-state index >= 15 is 0 Å². The number of rotatable bonds is 3. The van der Waals surface area contributed by atoms with Crippen molar-refractivity contribution in [3.8, 4) is 0 Å². The Balaban J connectivity index is 0.000000212. The lowest BCUT2D eigenvalue weighted by molar-refractivity contribution is -0.133. The molecular formula is C25H30N2O7S. The number of sulfone groups is 1. The van der Waals surface area contributed by atoms with Gasteiger partial charge in [-0.3, -0.25) is 4.79 Å². The van der Waals surface area contributed by atoms with E-state index in [0.29, 0.717) is 30.0 Å². The van der Waals surface area contributed by atoms with Gasteiger partial charge in [0.25, 0.3) is 5.91 Å². The summed E-state index contributed by atoms with van der Waals surface area (Å²) in [5.74, 6) is -0.953. The van der Waals surface area contributed by atoms with Gasteiger partial charge >= 0.3 is 5.97 Å². The Morgan fingerprint density at radius 2 is 1.49 bits per heavy atom. The highest BCUT2D eigenvalue weighted by Crippen LogP contribution is 2.21. The Hall–Kier alpha value is -3.79. The first-order valence-electron chi connectivity index (χ1n) is 10.9. The first kappa shape index (κ1) is 27.5. The van der Waals surface area contributed by atoms with E-state index in [9.17, 15) is 18.0 Å². The van der Waals surface area contributed by atoms with Gasteiger partial charge < -0.3 is 25.6 Å². The smallest absolute Gasteiger partial charge is 0.334 e. The van der Waals surface area contributed by atoms with E-state index < -0.39 is 21.7 Å². The van der Waals surface area contributed by atoms with Crippen molar-refractivity contribution in [2.75, 3.05) is 30.0 Å². The van der Waals surface area contributed by atoms with Crippen molar-refractivity contribution >= 4 is 33.1 Å². The molecule has 2 aromatic rings. The first-order chi connectivity index (χ1) is 16.6. The zero-order valence-corrected chi connectivity index (χ0v) is 20.5. The third kappa shape index (κ3) is 8.82. The van der Waals surface area contributed by atoms with Gasteiger partial charge in [0.15, 0.2) is 14.7 Å². The van der Waals surface area contributed by atoms with Gasteiger partial charge in [-0.05, 0) is 51.0 Å². The lowest BCUT2D eigenvalue weighted by Gasteiger charge is -2.18. The topological polar surface area (TPSA) is 145 Å². The lowest BCUT2D eigenvalue weighted by atomic mass is 10.1. The number of hydrogen-bond acceptors (Lipinski definition) is 7. The van der Waals surface area contributed by atoms with Crippen LogP contribution in [0.4, 0.5) is 11.4 Å².